The van der Waals surface area contributed by atoms with E-state index >= 15 is 0 Å². The zero-order valence-electron chi connectivity index (χ0n) is 13.8. The fraction of sp³-hybridized carbons (Fsp3) is 0.412. The number of H-pyrrole nitrogens is 1. The van der Waals surface area contributed by atoms with Crippen molar-refractivity contribution in [1.29, 1.82) is 0 Å². The number of aryl methyl sites for hydroxylation is 1. The van der Waals surface area contributed by atoms with Gasteiger partial charge in [0.05, 0.1) is 5.69 Å². The monoisotopic (exact) mass is 317 g/mol. The highest BCUT2D eigenvalue weighted by Gasteiger charge is 2.16. The first-order chi connectivity index (χ1) is 11.0. The van der Waals surface area contributed by atoms with Gasteiger partial charge in [0.2, 0.25) is 0 Å². The molecule has 1 aromatic carbocycles. The van der Waals surface area contributed by atoms with Crippen molar-refractivity contribution in [3.63, 3.8) is 0 Å². The molecule has 6 nitrogen and oxygen atoms in total. The van der Waals surface area contributed by atoms with Crippen molar-refractivity contribution in [3.8, 4) is 0 Å². The molecule has 124 valence electrons. The van der Waals surface area contributed by atoms with Crippen LogP contribution in [0.4, 0.5) is 5.69 Å². The molecule has 1 heterocycles. The molecule has 1 N–H and O–H groups in total. The maximum atomic E-state index is 12.2. The van der Waals surface area contributed by atoms with Crippen LogP contribution in [0.25, 0.3) is 0 Å². The molecule has 0 unspecified atom stereocenters. The molecule has 1 aromatic heterocycles. The highest BCUT2D eigenvalue weighted by atomic mass is 16.5. The fourth-order valence-corrected chi connectivity index (χ4v) is 2.55. The minimum absolute atomic E-state index is 0.136. The molecule has 0 atom stereocenters. The summed E-state index contributed by atoms with van der Waals surface area (Å²) in [7, 11) is 3.60. The summed E-state index contributed by atoms with van der Waals surface area (Å²) in [5.41, 5.74) is 1.56. The van der Waals surface area contributed by atoms with Crippen molar-refractivity contribution >= 4 is 5.69 Å². The highest BCUT2D eigenvalue weighted by Crippen LogP contribution is 2.15. The molecular weight excluding hydrogens is 294 g/mol. The summed E-state index contributed by atoms with van der Waals surface area (Å²) in [6.45, 7) is 2.51. The predicted octanol–water partition coefficient (Wildman–Crippen LogP) is 1.38. The molecule has 0 bridgehead atoms. The van der Waals surface area contributed by atoms with Crippen LogP contribution in [-0.4, -0.2) is 30.3 Å². The summed E-state index contributed by atoms with van der Waals surface area (Å²) >= 11 is 0. The Kier molecular flexibility index (Phi) is 5.76. The van der Waals surface area contributed by atoms with Gasteiger partial charge in [-0.05, 0) is 25.3 Å². The number of hydrogen-bond donors (Lipinski definition) is 1. The number of anilines is 1. The molecule has 0 amide bonds. The normalized spacial score (nSPS) is 10.7. The number of aromatic amines is 1. The quantitative estimate of drug-likeness (QED) is 0.838. The minimum Gasteiger partial charge on any atom is -0.372 e. The number of hydrogen-bond acceptors (Lipinski definition) is 4. The van der Waals surface area contributed by atoms with E-state index in [4.69, 9.17) is 4.74 Å². The molecule has 0 saturated carbocycles. The van der Waals surface area contributed by atoms with E-state index in [2.05, 4.69) is 4.98 Å². The SMILES string of the molecule is CCOCn1c(CCc2ccccc2)c(N(C)C)c(=O)[nH]c1=O. The van der Waals surface area contributed by atoms with Crippen LogP contribution in [0.1, 0.15) is 18.2 Å². The van der Waals surface area contributed by atoms with Crippen LogP contribution >= 0.6 is 0 Å². The van der Waals surface area contributed by atoms with Crippen molar-refractivity contribution in [2.45, 2.75) is 26.5 Å². The lowest BCUT2D eigenvalue weighted by Gasteiger charge is -2.20. The van der Waals surface area contributed by atoms with Gasteiger partial charge in [-0.3, -0.25) is 14.3 Å². The Morgan fingerprint density at radius 2 is 1.83 bits per heavy atom. The van der Waals surface area contributed by atoms with E-state index in [1.165, 1.54) is 4.57 Å². The lowest BCUT2D eigenvalue weighted by molar-refractivity contribution is 0.0823. The Morgan fingerprint density at radius 1 is 1.13 bits per heavy atom. The van der Waals surface area contributed by atoms with E-state index in [1.807, 2.05) is 37.3 Å². The third kappa shape index (κ3) is 4.10. The Hall–Kier alpha value is -2.34. The second-order valence-electron chi connectivity index (χ2n) is 5.48. The molecule has 0 aliphatic heterocycles. The number of nitrogens with zero attached hydrogens (tertiary/aromatic N) is 2. The Bertz CT molecular complexity index is 748. The number of rotatable bonds is 7. The van der Waals surface area contributed by atoms with Gasteiger partial charge in [-0.2, -0.15) is 0 Å². The predicted molar refractivity (Wildman–Crippen MR) is 91.1 cm³/mol. The van der Waals surface area contributed by atoms with E-state index < -0.39 is 5.69 Å². The summed E-state index contributed by atoms with van der Waals surface area (Å²) in [6.07, 6.45) is 1.33. The molecule has 23 heavy (non-hydrogen) atoms. The lowest BCUT2D eigenvalue weighted by Crippen LogP contribution is -2.37. The van der Waals surface area contributed by atoms with E-state index in [0.717, 1.165) is 12.0 Å². The van der Waals surface area contributed by atoms with E-state index in [9.17, 15) is 9.59 Å². The Labute approximate surface area is 135 Å². The van der Waals surface area contributed by atoms with Crippen LogP contribution in [-0.2, 0) is 24.3 Å². The van der Waals surface area contributed by atoms with Crippen molar-refractivity contribution in [2.24, 2.45) is 0 Å². The van der Waals surface area contributed by atoms with Crippen molar-refractivity contribution in [3.05, 3.63) is 62.4 Å². The van der Waals surface area contributed by atoms with Gasteiger partial charge in [0, 0.05) is 20.7 Å². The van der Waals surface area contributed by atoms with Gasteiger partial charge < -0.3 is 9.64 Å². The smallest absolute Gasteiger partial charge is 0.330 e. The number of benzene rings is 1. The van der Waals surface area contributed by atoms with E-state index in [1.54, 1.807) is 19.0 Å². The topological polar surface area (TPSA) is 67.3 Å². The van der Waals surface area contributed by atoms with Crippen LogP contribution in [0.2, 0.25) is 0 Å². The average Bonchev–Trinajstić information content (AvgIpc) is 2.52. The molecular formula is C17H23N3O3. The van der Waals surface area contributed by atoms with Gasteiger partial charge >= 0.3 is 5.69 Å². The Balaban J connectivity index is 2.43. The summed E-state index contributed by atoms with van der Waals surface area (Å²) in [5.74, 6) is 0. The Morgan fingerprint density at radius 3 is 2.43 bits per heavy atom. The van der Waals surface area contributed by atoms with E-state index in [-0.39, 0.29) is 12.3 Å². The zero-order valence-corrected chi connectivity index (χ0v) is 13.8. The molecule has 2 aromatic rings. The number of ether oxygens (including phenoxy) is 1. The molecule has 0 spiro atoms. The maximum absolute atomic E-state index is 12.2. The third-order valence-corrected chi connectivity index (χ3v) is 3.64. The molecule has 0 aliphatic rings. The van der Waals surface area contributed by atoms with Gasteiger partial charge in [-0.25, -0.2) is 4.79 Å². The first kappa shape index (κ1) is 17.0. The summed E-state index contributed by atoms with van der Waals surface area (Å²) in [6, 6.07) is 9.99. The summed E-state index contributed by atoms with van der Waals surface area (Å²) in [5, 5.41) is 0. The van der Waals surface area contributed by atoms with Crippen molar-refractivity contribution in [1.82, 2.24) is 9.55 Å². The number of nitrogens with one attached hydrogen (secondary N) is 1. The van der Waals surface area contributed by atoms with Gasteiger partial charge in [-0.1, -0.05) is 30.3 Å². The van der Waals surface area contributed by atoms with Gasteiger partial charge in [0.15, 0.2) is 0 Å². The molecule has 6 heteroatoms. The molecule has 0 radical (unpaired) electrons. The highest BCUT2D eigenvalue weighted by molar-refractivity contribution is 5.48. The van der Waals surface area contributed by atoms with Crippen LogP contribution in [0.5, 0.6) is 0 Å². The standard InChI is InChI=1S/C17H23N3O3/c1-4-23-12-20-14(11-10-13-8-6-5-7-9-13)15(19(2)3)16(21)18-17(20)22/h5-9H,4,10-12H2,1-3H3,(H,18,21,22). The fourth-order valence-electron chi connectivity index (χ4n) is 2.55. The van der Waals surface area contributed by atoms with Gasteiger partial charge in [0.25, 0.3) is 5.56 Å². The summed E-state index contributed by atoms with van der Waals surface area (Å²) < 4.78 is 6.89. The maximum Gasteiger partial charge on any atom is 0.330 e. The zero-order chi connectivity index (χ0) is 16.8. The van der Waals surface area contributed by atoms with E-state index in [0.29, 0.717) is 24.4 Å². The molecule has 0 saturated heterocycles. The van der Waals surface area contributed by atoms with Gasteiger partial charge in [-0.15, -0.1) is 0 Å². The largest absolute Gasteiger partial charge is 0.372 e. The summed E-state index contributed by atoms with van der Waals surface area (Å²) in [4.78, 5) is 28.5. The molecule has 0 fully saturated rings. The van der Waals surface area contributed by atoms with Crippen LogP contribution in [0, 0.1) is 0 Å². The second-order valence-corrected chi connectivity index (χ2v) is 5.48. The van der Waals surface area contributed by atoms with Gasteiger partial charge in [0.1, 0.15) is 12.4 Å². The average molecular weight is 317 g/mol. The second kappa shape index (κ2) is 7.78. The minimum atomic E-state index is -0.433. The first-order valence-corrected chi connectivity index (χ1v) is 7.69. The van der Waals surface area contributed by atoms with Crippen LogP contribution < -0.4 is 16.1 Å². The molecule has 2 rings (SSSR count). The number of aromatic nitrogens is 2. The van der Waals surface area contributed by atoms with Crippen molar-refractivity contribution in [2.75, 3.05) is 25.6 Å². The lowest BCUT2D eigenvalue weighted by atomic mass is 10.1. The van der Waals surface area contributed by atoms with Crippen LogP contribution in [0.3, 0.4) is 0 Å². The van der Waals surface area contributed by atoms with Crippen LogP contribution in [0.15, 0.2) is 39.9 Å². The first-order valence-electron chi connectivity index (χ1n) is 7.69. The molecule has 0 aliphatic carbocycles. The third-order valence-electron chi connectivity index (χ3n) is 3.64. The van der Waals surface area contributed by atoms with Crippen molar-refractivity contribution < 1.29 is 4.74 Å².